The number of nitrogens with zero attached hydrogens (tertiary/aromatic N) is 1. The third-order valence-corrected chi connectivity index (χ3v) is 5.27. The van der Waals surface area contributed by atoms with Crippen LogP contribution >= 0.6 is 0 Å². The number of carbonyl (C=O) groups excluding carboxylic acids is 2. The van der Waals surface area contributed by atoms with Crippen molar-refractivity contribution in [3.8, 4) is 0 Å². The Balaban J connectivity index is 1.49. The number of hydrogen-bond donors (Lipinski definition) is 2. The Morgan fingerprint density at radius 2 is 1.89 bits per heavy atom. The zero-order chi connectivity index (χ0) is 19.4. The van der Waals surface area contributed by atoms with Crippen LogP contribution in [0.2, 0.25) is 0 Å². The summed E-state index contributed by atoms with van der Waals surface area (Å²) >= 11 is 0. The Labute approximate surface area is 156 Å². The van der Waals surface area contributed by atoms with Crippen molar-refractivity contribution in [1.29, 1.82) is 0 Å². The zero-order valence-corrected chi connectivity index (χ0v) is 15.0. The predicted molar refractivity (Wildman–Crippen MR) is 93.8 cm³/mol. The van der Waals surface area contributed by atoms with Gasteiger partial charge in [-0.3, -0.25) is 4.79 Å². The van der Waals surface area contributed by atoms with E-state index in [4.69, 9.17) is 0 Å². The molecule has 3 rings (SSSR count). The molecule has 1 atom stereocenters. The summed E-state index contributed by atoms with van der Waals surface area (Å²) in [5, 5.41) is 5.18. The van der Waals surface area contributed by atoms with Crippen molar-refractivity contribution in [2.24, 2.45) is 0 Å². The second kappa shape index (κ2) is 8.19. The number of hydrogen-bond acceptors (Lipinski definition) is 2. The van der Waals surface area contributed by atoms with Gasteiger partial charge < -0.3 is 15.5 Å². The number of benzene rings is 1. The van der Waals surface area contributed by atoms with Gasteiger partial charge in [0, 0.05) is 19.1 Å². The summed E-state index contributed by atoms with van der Waals surface area (Å²) in [5.74, 6) is -0.0591. The minimum absolute atomic E-state index is 0.0387. The SMILES string of the molecule is O=C(NCc1cccc(C(F)(F)F)c1)NC1CCN(C2CCCCC2)C1=O. The second-order valence-electron chi connectivity index (χ2n) is 7.19. The molecule has 1 aliphatic carbocycles. The Morgan fingerprint density at radius 3 is 2.59 bits per heavy atom. The van der Waals surface area contributed by atoms with E-state index in [0.717, 1.165) is 37.8 Å². The molecule has 1 saturated heterocycles. The molecule has 2 aliphatic rings. The maximum absolute atomic E-state index is 12.7. The van der Waals surface area contributed by atoms with Crippen molar-refractivity contribution < 1.29 is 22.8 Å². The summed E-state index contributed by atoms with van der Waals surface area (Å²) in [6, 6.07) is 3.98. The minimum atomic E-state index is -4.42. The molecule has 27 heavy (non-hydrogen) atoms. The van der Waals surface area contributed by atoms with Crippen LogP contribution < -0.4 is 10.6 Å². The number of amides is 3. The van der Waals surface area contributed by atoms with Crippen LogP contribution in [-0.4, -0.2) is 35.5 Å². The molecule has 8 heteroatoms. The molecule has 148 valence electrons. The quantitative estimate of drug-likeness (QED) is 0.837. The van der Waals surface area contributed by atoms with Gasteiger partial charge in [0.2, 0.25) is 5.91 Å². The average Bonchev–Trinajstić information content (AvgIpc) is 3.01. The first-order valence-electron chi connectivity index (χ1n) is 9.35. The van der Waals surface area contributed by atoms with Gasteiger partial charge in [-0.25, -0.2) is 4.79 Å². The Bertz CT molecular complexity index is 687. The fraction of sp³-hybridized carbons (Fsp3) is 0.579. The molecule has 1 aliphatic heterocycles. The first-order valence-corrected chi connectivity index (χ1v) is 9.35. The maximum atomic E-state index is 12.7. The monoisotopic (exact) mass is 383 g/mol. The number of nitrogens with one attached hydrogen (secondary N) is 2. The van der Waals surface area contributed by atoms with Crippen LogP contribution in [0.5, 0.6) is 0 Å². The number of urea groups is 1. The molecule has 2 N–H and O–H groups in total. The zero-order valence-electron chi connectivity index (χ0n) is 15.0. The van der Waals surface area contributed by atoms with Crippen LogP contribution in [0.4, 0.5) is 18.0 Å². The lowest BCUT2D eigenvalue weighted by Gasteiger charge is -2.31. The molecule has 1 unspecified atom stereocenters. The first kappa shape index (κ1) is 19.5. The molecular weight excluding hydrogens is 359 g/mol. The van der Waals surface area contributed by atoms with Crippen molar-refractivity contribution in [2.75, 3.05) is 6.54 Å². The summed E-state index contributed by atoms with van der Waals surface area (Å²) in [5.41, 5.74) is -0.405. The molecule has 2 fully saturated rings. The summed E-state index contributed by atoms with van der Waals surface area (Å²) in [7, 11) is 0. The number of rotatable bonds is 4. The molecule has 0 bridgehead atoms. The van der Waals surface area contributed by atoms with Gasteiger partial charge in [-0.1, -0.05) is 31.4 Å². The number of carbonyl (C=O) groups is 2. The van der Waals surface area contributed by atoms with E-state index >= 15 is 0 Å². The molecule has 0 radical (unpaired) electrons. The van der Waals surface area contributed by atoms with Crippen molar-refractivity contribution in [3.63, 3.8) is 0 Å². The molecule has 1 aromatic carbocycles. The van der Waals surface area contributed by atoms with Crippen LogP contribution in [0.15, 0.2) is 24.3 Å². The standard InChI is InChI=1S/C19H24F3N3O2/c20-19(21,22)14-6-4-5-13(11-14)12-23-18(27)24-16-9-10-25(17(16)26)15-7-2-1-3-8-15/h4-6,11,15-16H,1-3,7-10,12H2,(H2,23,24,27). The Hall–Kier alpha value is -2.25. The van der Waals surface area contributed by atoms with E-state index in [1.807, 2.05) is 4.90 Å². The van der Waals surface area contributed by atoms with Crippen LogP contribution in [0.1, 0.15) is 49.7 Å². The largest absolute Gasteiger partial charge is 0.416 e. The Kier molecular flexibility index (Phi) is 5.92. The van der Waals surface area contributed by atoms with E-state index in [-0.39, 0.29) is 18.5 Å². The third-order valence-electron chi connectivity index (χ3n) is 5.27. The molecular formula is C19H24F3N3O2. The summed E-state index contributed by atoms with van der Waals surface area (Å²) in [4.78, 5) is 26.5. The van der Waals surface area contributed by atoms with Gasteiger partial charge in [-0.2, -0.15) is 13.2 Å². The average molecular weight is 383 g/mol. The van der Waals surface area contributed by atoms with Gasteiger partial charge in [-0.05, 0) is 37.0 Å². The number of alkyl halides is 3. The first-order chi connectivity index (χ1) is 12.8. The van der Waals surface area contributed by atoms with Crippen LogP contribution in [0.25, 0.3) is 0 Å². The third kappa shape index (κ3) is 4.93. The van der Waals surface area contributed by atoms with Crippen LogP contribution in [0, 0.1) is 0 Å². The van der Waals surface area contributed by atoms with Gasteiger partial charge in [0.25, 0.3) is 0 Å². The molecule has 0 aromatic heterocycles. The van der Waals surface area contributed by atoms with E-state index in [0.29, 0.717) is 18.5 Å². The fourth-order valence-corrected chi connectivity index (χ4v) is 3.84. The Morgan fingerprint density at radius 1 is 1.15 bits per heavy atom. The van der Waals surface area contributed by atoms with Gasteiger partial charge in [0.05, 0.1) is 5.56 Å². The minimum Gasteiger partial charge on any atom is -0.338 e. The normalized spacial score (nSPS) is 21.4. The number of halogens is 3. The van der Waals surface area contributed by atoms with E-state index in [2.05, 4.69) is 10.6 Å². The highest BCUT2D eigenvalue weighted by Crippen LogP contribution is 2.29. The van der Waals surface area contributed by atoms with Crippen molar-refractivity contribution in [2.45, 2.75) is 63.3 Å². The van der Waals surface area contributed by atoms with Gasteiger partial charge in [-0.15, -0.1) is 0 Å². The second-order valence-corrected chi connectivity index (χ2v) is 7.19. The lowest BCUT2D eigenvalue weighted by atomic mass is 9.94. The fourth-order valence-electron chi connectivity index (χ4n) is 3.84. The van der Waals surface area contributed by atoms with Gasteiger partial charge >= 0.3 is 12.2 Å². The van der Waals surface area contributed by atoms with Crippen molar-refractivity contribution in [1.82, 2.24) is 15.5 Å². The van der Waals surface area contributed by atoms with Crippen LogP contribution in [0.3, 0.4) is 0 Å². The van der Waals surface area contributed by atoms with Gasteiger partial charge in [0.1, 0.15) is 6.04 Å². The van der Waals surface area contributed by atoms with Crippen LogP contribution in [-0.2, 0) is 17.5 Å². The summed E-state index contributed by atoms with van der Waals surface area (Å²) in [6.45, 7) is 0.602. The highest BCUT2D eigenvalue weighted by Gasteiger charge is 2.37. The highest BCUT2D eigenvalue weighted by atomic mass is 19.4. The van der Waals surface area contributed by atoms with E-state index in [1.165, 1.54) is 18.6 Å². The number of likely N-dealkylation sites (tertiary alicyclic amines) is 1. The maximum Gasteiger partial charge on any atom is 0.416 e. The highest BCUT2D eigenvalue weighted by molar-refractivity contribution is 5.88. The van der Waals surface area contributed by atoms with Gasteiger partial charge in [0.15, 0.2) is 0 Å². The summed E-state index contributed by atoms with van der Waals surface area (Å²) < 4.78 is 38.2. The molecule has 0 spiro atoms. The molecule has 1 aromatic rings. The topological polar surface area (TPSA) is 61.4 Å². The molecule has 5 nitrogen and oxygen atoms in total. The lowest BCUT2D eigenvalue weighted by Crippen LogP contribution is -2.47. The van der Waals surface area contributed by atoms with Crippen molar-refractivity contribution in [3.05, 3.63) is 35.4 Å². The van der Waals surface area contributed by atoms with E-state index < -0.39 is 23.8 Å². The molecule has 3 amide bonds. The molecule has 1 saturated carbocycles. The summed E-state index contributed by atoms with van der Waals surface area (Å²) in [6.07, 6.45) is 1.63. The van der Waals surface area contributed by atoms with Crippen molar-refractivity contribution >= 4 is 11.9 Å². The smallest absolute Gasteiger partial charge is 0.338 e. The van der Waals surface area contributed by atoms with E-state index in [1.54, 1.807) is 0 Å². The van der Waals surface area contributed by atoms with E-state index in [9.17, 15) is 22.8 Å². The lowest BCUT2D eigenvalue weighted by molar-refractivity contribution is -0.137. The molecule has 1 heterocycles. The predicted octanol–water partition coefficient (Wildman–Crippen LogP) is 3.44.